The molecule has 0 saturated carbocycles. The lowest BCUT2D eigenvalue weighted by molar-refractivity contribution is 0.0639. The van der Waals surface area contributed by atoms with Gasteiger partial charge in [-0.2, -0.15) is 9.40 Å². The fourth-order valence-corrected chi connectivity index (χ4v) is 6.20. The van der Waals surface area contributed by atoms with Gasteiger partial charge in [-0.15, -0.1) is 0 Å². The number of aromatic nitrogens is 2. The number of rotatable bonds is 7. The lowest BCUT2D eigenvalue weighted by Gasteiger charge is -2.35. The van der Waals surface area contributed by atoms with Crippen molar-refractivity contribution in [1.29, 1.82) is 0 Å². The molecule has 11 heteroatoms. The molecular weight excluding hydrogens is 476 g/mol. The van der Waals surface area contributed by atoms with Gasteiger partial charge >= 0.3 is 0 Å². The Morgan fingerprint density at radius 2 is 1.74 bits per heavy atom. The largest absolute Gasteiger partial charge is 0.369 e. The number of carbonyl (C=O) groups excluding carboxylic acids is 1. The van der Waals surface area contributed by atoms with Gasteiger partial charge in [0.1, 0.15) is 0 Å². The van der Waals surface area contributed by atoms with Gasteiger partial charge in [0.15, 0.2) is 0 Å². The number of sulfonamides is 1. The lowest BCUT2D eigenvalue weighted by atomic mass is 10.2. The van der Waals surface area contributed by atoms with E-state index in [0.29, 0.717) is 50.8 Å². The van der Waals surface area contributed by atoms with E-state index < -0.39 is 10.0 Å². The number of hydrogen-bond donors (Lipinski definition) is 0. The standard InChI is InChI=1S/C23H33ClN6O3S/c1-3-8-29-18-21(23(31)28-11-9-26(4-2)10-12-28)22(25-29)34(32,33)30-15-13-27(14-16-30)20-7-5-6-19(24)17-20/h5-7,17-18H,3-4,8-16H2,1-2H3. The number of anilines is 1. The molecule has 2 aliphatic heterocycles. The third-order valence-corrected chi connectivity index (χ3v) is 8.58. The molecule has 2 aromatic rings. The molecule has 34 heavy (non-hydrogen) atoms. The van der Waals surface area contributed by atoms with Crippen LogP contribution >= 0.6 is 11.6 Å². The van der Waals surface area contributed by atoms with Gasteiger partial charge in [-0.1, -0.05) is 31.5 Å². The molecule has 2 saturated heterocycles. The number of piperazine rings is 2. The molecule has 3 heterocycles. The fourth-order valence-electron chi connectivity index (χ4n) is 4.50. The second-order valence-corrected chi connectivity index (χ2v) is 11.0. The van der Waals surface area contributed by atoms with Gasteiger partial charge in [0, 0.05) is 75.8 Å². The van der Waals surface area contributed by atoms with Crippen molar-refractivity contribution >= 4 is 33.2 Å². The number of aryl methyl sites for hydroxylation is 1. The van der Waals surface area contributed by atoms with Crippen LogP contribution < -0.4 is 4.90 Å². The van der Waals surface area contributed by atoms with Crippen LogP contribution in [0.1, 0.15) is 30.6 Å². The van der Waals surface area contributed by atoms with Crippen LogP contribution in [0.4, 0.5) is 5.69 Å². The SMILES string of the molecule is CCCn1cc(C(=O)N2CCN(CC)CC2)c(S(=O)(=O)N2CCN(c3cccc(Cl)c3)CC2)n1. The van der Waals surface area contributed by atoms with Crippen LogP contribution in [0.25, 0.3) is 0 Å². The highest BCUT2D eigenvalue weighted by Gasteiger charge is 2.36. The maximum atomic E-state index is 13.6. The van der Waals surface area contributed by atoms with Gasteiger partial charge in [-0.25, -0.2) is 8.42 Å². The van der Waals surface area contributed by atoms with Gasteiger partial charge in [0.05, 0.1) is 5.56 Å². The van der Waals surface area contributed by atoms with Crippen molar-refractivity contribution in [1.82, 2.24) is 23.9 Å². The zero-order valence-corrected chi connectivity index (χ0v) is 21.4. The smallest absolute Gasteiger partial charge is 0.263 e. The first kappa shape index (κ1) is 25.0. The maximum Gasteiger partial charge on any atom is 0.263 e. The van der Waals surface area contributed by atoms with Crippen molar-refractivity contribution in [2.24, 2.45) is 0 Å². The minimum Gasteiger partial charge on any atom is -0.369 e. The van der Waals surface area contributed by atoms with Crippen LogP contribution in [0.2, 0.25) is 5.02 Å². The van der Waals surface area contributed by atoms with E-state index in [4.69, 9.17) is 11.6 Å². The summed E-state index contributed by atoms with van der Waals surface area (Å²) in [5.74, 6) is -0.255. The number of carbonyl (C=O) groups is 1. The van der Waals surface area contributed by atoms with Crippen LogP contribution in [0, 0.1) is 0 Å². The Bertz CT molecular complexity index is 1110. The number of amides is 1. The van der Waals surface area contributed by atoms with Gasteiger partial charge in [0.25, 0.3) is 15.9 Å². The average molecular weight is 509 g/mol. The summed E-state index contributed by atoms with van der Waals surface area (Å²) in [6, 6.07) is 7.56. The third kappa shape index (κ3) is 5.25. The van der Waals surface area contributed by atoms with Crippen molar-refractivity contribution < 1.29 is 13.2 Å². The highest BCUT2D eigenvalue weighted by atomic mass is 35.5. The molecule has 0 spiro atoms. The molecule has 0 atom stereocenters. The zero-order chi connectivity index (χ0) is 24.3. The molecule has 2 aliphatic rings. The molecule has 9 nitrogen and oxygen atoms in total. The van der Waals surface area contributed by atoms with E-state index >= 15 is 0 Å². The Hall–Kier alpha value is -2.14. The van der Waals surface area contributed by atoms with Crippen LogP contribution in [0.15, 0.2) is 35.5 Å². The molecule has 186 valence electrons. The van der Waals surface area contributed by atoms with Gasteiger partial charge in [-0.05, 0) is 31.2 Å². The van der Waals surface area contributed by atoms with Crippen molar-refractivity contribution in [2.75, 3.05) is 63.8 Å². The Labute approximate surface area is 206 Å². The predicted octanol–water partition coefficient (Wildman–Crippen LogP) is 2.24. The average Bonchev–Trinajstić information content (AvgIpc) is 3.29. The molecule has 2 fully saturated rings. The van der Waals surface area contributed by atoms with Crippen LogP contribution in [-0.2, 0) is 16.6 Å². The Morgan fingerprint density at radius 1 is 1.03 bits per heavy atom. The van der Waals surface area contributed by atoms with Gasteiger partial charge in [0.2, 0.25) is 5.03 Å². The molecule has 0 N–H and O–H groups in total. The van der Waals surface area contributed by atoms with E-state index in [-0.39, 0.29) is 16.5 Å². The zero-order valence-electron chi connectivity index (χ0n) is 19.9. The maximum absolute atomic E-state index is 13.6. The number of likely N-dealkylation sites (N-methyl/N-ethyl adjacent to an activating group) is 1. The number of nitrogens with zero attached hydrogens (tertiary/aromatic N) is 6. The highest BCUT2D eigenvalue weighted by molar-refractivity contribution is 7.89. The first-order valence-electron chi connectivity index (χ1n) is 11.9. The predicted molar refractivity (Wildman–Crippen MR) is 133 cm³/mol. The summed E-state index contributed by atoms with van der Waals surface area (Å²) in [5.41, 5.74) is 1.15. The van der Waals surface area contributed by atoms with E-state index in [0.717, 1.165) is 31.7 Å². The van der Waals surface area contributed by atoms with E-state index in [1.54, 1.807) is 15.8 Å². The first-order valence-corrected chi connectivity index (χ1v) is 13.7. The Balaban J connectivity index is 1.53. The molecule has 0 unspecified atom stereocenters. The summed E-state index contributed by atoms with van der Waals surface area (Å²) in [7, 11) is -3.91. The quantitative estimate of drug-likeness (QED) is 0.570. The van der Waals surface area contributed by atoms with Crippen molar-refractivity contribution in [3.05, 3.63) is 41.0 Å². The first-order chi connectivity index (χ1) is 16.3. The summed E-state index contributed by atoms with van der Waals surface area (Å²) in [5, 5.41) is 4.91. The molecule has 1 aromatic carbocycles. The van der Waals surface area contributed by atoms with Crippen LogP contribution in [0.5, 0.6) is 0 Å². The second-order valence-electron chi connectivity index (χ2n) is 8.71. The highest BCUT2D eigenvalue weighted by Crippen LogP contribution is 2.25. The second kappa shape index (κ2) is 10.6. The monoisotopic (exact) mass is 508 g/mol. The van der Waals surface area contributed by atoms with Gasteiger partial charge < -0.3 is 14.7 Å². The molecule has 0 radical (unpaired) electrons. The Kier molecular flexibility index (Phi) is 7.81. The molecule has 4 rings (SSSR count). The van der Waals surface area contributed by atoms with Crippen molar-refractivity contribution in [3.63, 3.8) is 0 Å². The van der Waals surface area contributed by atoms with Crippen LogP contribution in [0.3, 0.4) is 0 Å². The van der Waals surface area contributed by atoms with Crippen molar-refractivity contribution in [3.8, 4) is 0 Å². The van der Waals surface area contributed by atoms with Crippen LogP contribution in [-0.4, -0.2) is 97.1 Å². The summed E-state index contributed by atoms with van der Waals surface area (Å²) in [6.07, 6.45) is 2.40. The number of hydrogen-bond acceptors (Lipinski definition) is 6. The molecule has 1 amide bonds. The minimum absolute atomic E-state index is 0.125. The molecule has 1 aromatic heterocycles. The van der Waals surface area contributed by atoms with E-state index in [1.807, 2.05) is 31.2 Å². The number of benzene rings is 1. The topological polar surface area (TPSA) is 82.0 Å². The third-order valence-electron chi connectivity index (χ3n) is 6.51. The normalized spacial score (nSPS) is 18.4. The van der Waals surface area contributed by atoms with Gasteiger partial charge in [-0.3, -0.25) is 9.48 Å². The molecular formula is C23H33ClN6O3S. The van der Waals surface area contributed by atoms with E-state index in [1.165, 1.54) is 4.31 Å². The minimum atomic E-state index is -3.91. The van der Waals surface area contributed by atoms with E-state index in [9.17, 15) is 13.2 Å². The Morgan fingerprint density at radius 3 is 2.35 bits per heavy atom. The summed E-state index contributed by atoms with van der Waals surface area (Å²) in [4.78, 5) is 19.5. The van der Waals surface area contributed by atoms with E-state index in [2.05, 4.69) is 21.8 Å². The lowest BCUT2D eigenvalue weighted by Crippen LogP contribution is -2.50. The number of halogens is 1. The van der Waals surface area contributed by atoms with Crippen molar-refractivity contribution in [2.45, 2.75) is 31.8 Å². The summed E-state index contributed by atoms with van der Waals surface area (Å²) < 4.78 is 30.3. The fraction of sp³-hybridized carbons (Fsp3) is 0.565. The molecule has 0 aliphatic carbocycles. The molecule has 0 bridgehead atoms. The summed E-state index contributed by atoms with van der Waals surface area (Å²) in [6.45, 7) is 10.1. The summed E-state index contributed by atoms with van der Waals surface area (Å²) >= 11 is 6.12.